The van der Waals surface area contributed by atoms with E-state index < -0.39 is 11.6 Å². The van der Waals surface area contributed by atoms with Crippen molar-refractivity contribution in [2.45, 2.75) is 39.0 Å². The van der Waals surface area contributed by atoms with Crippen LogP contribution in [0.4, 0.5) is 8.78 Å². The lowest BCUT2D eigenvalue weighted by Crippen LogP contribution is -2.59. The Morgan fingerprint density at radius 3 is 2.71 bits per heavy atom. The predicted molar refractivity (Wildman–Crippen MR) is 61.4 cm³/mol. The Kier molecular flexibility index (Phi) is 3.19. The Morgan fingerprint density at radius 1 is 1.41 bits per heavy atom. The highest BCUT2D eigenvalue weighted by atomic mass is 19.1. The third kappa shape index (κ3) is 2.33. The molecule has 1 aliphatic rings. The molecule has 2 nitrogen and oxygen atoms in total. The minimum absolute atomic E-state index is 0.139. The molecular formula is C13H17F2NO. The van der Waals surface area contributed by atoms with E-state index in [4.69, 9.17) is 0 Å². The predicted octanol–water partition coefficient (Wildman–Crippen LogP) is 2.21. The molecule has 0 spiro atoms. The maximum absolute atomic E-state index is 13.4. The van der Waals surface area contributed by atoms with Crippen molar-refractivity contribution in [2.24, 2.45) is 5.41 Å². The van der Waals surface area contributed by atoms with E-state index in [1.54, 1.807) is 0 Å². The van der Waals surface area contributed by atoms with Crippen LogP contribution in [0.25, 0.3) is 0 Å². The van der Waals surface area contributed by atoms with Gasteiger partial charge in [0, 0.05) is 23.6 Å². The highest BCUT2D eigenvalue weighted by molar-refractivity contribution is 5.19. The van der Waals surface area contributed by atoms with Crippen molar-refractivity contribution in [2.75, 3.05) is 0 Å². The smallest absolute Gasteiger partial charge is 0.127 e. The molecule has 94 valence electrons. The fraction of sp³-hybridized carbons (Fsp3) is 0.538. The van der Waals surface area contributed by atoms with Crippen molar-refractivity contribution < 1.29 is 13.9 Å². The van der Waals surface area contributed by atoms with Crippen LogP contribution in [0.3, 0.4) is 0 Å². The summed E-state index contributed by atoms with van der Waals surface area (Å²) in [5.41, 5.74) is 0.117. The summed E-state index contributed by atoms with van der Waals surface area (Å²) in [5.74, 6) is -0.840. The fourth-order valence-electron chi connectivity index (χ4n) is 2.16. The van der Waals surface area contributed by atoms with Crippen LogP contribution in [0.15, 0.2) is 18.2 Å². The summed E-state index contributed by atoms with van der Waals surface area (Å²) in [6.45, 7) is 4.20. The number of aliphatic hydroxyl groups excluding tert-OH is 1. The molecule has 0 saturated heterocycles. The monoisotopic (exact) mass is 241 g/mol. The zero-order valence-electron chi connectivity index (χ0n) is 10.0. The summed E-state index contributed by atoms with van der Waals surface area (Å²) >= 11 is 0. The molecule has 0 radical (unpaired) electrons. The average molecular weight is 241 g/mol. The van der Waals surface area contributed by atoms with Gasteiger partial charge in [-0.25, -0.2) is 8.78 Å². The van der Waals surface area contributed by atoms with E-state index in [1.165, 1.54) is 6.07 Å². The topological polar surface area (TPSA) is 32.3 Å². The third-order valence-electron chi connectivity index (χ3n) is 3.76. The Balaban J connectivity index is 1.97. The minimum atomic E-state index is -0.434. The van der Waals surface area contributed by atoms with Crippen LogP contribution in [0, 0.1) is 17.0 Å². The van der Waals surface area contributed by atoms with Crippen LogP contribution in [0.5, 0.6) is 0 Å². The van der Waals surface area contributed by atoms with Gasteiger partial charge in [-0.1, -0.05) is 13.8 Å². The maximum atomic E-state index is 13.4. The lowest BCUT2D eigenvalue weighted by Gasteiger charge is -2.49. The molecule has 2 rings (SSSR count). The minimum Gasteiger partial charge on any atom is -0.392 e. The van der Waals surface area contributed by atoms with Crippen molar-refractivity contribution in [3.63, 3.8) is 0 Å². The lowest BCUT2D eigenvalue weighted by atomic mass is 9.64. The number of nitrogens with one attached hydrogen (secondary N) is 1. The first-order valence-corrected chi connectivity index (χ1v) is 5.76. The van der Waals surface area contributed by atoms with Crippen molar-refractivity contribution >= 4 is 0 Å². The molecule has 0 aliphatic heterocycles. The van der Waals surface area contributed by atoms with Gasteiger partial charge in [0.15, 0.2) is 0 Å². The largest absolute Gasteiger partial charge is 0.392 e. The van der Waals surface area contributed by atoms with E-state index in [-0.39, 0.29) is 24.1 Å². The molecule has 2 N–H and O–H groups in total. The second-order valence-corrected chi connectivity index (χ2v) is 5.24. The van der Waals surface area contributed by atoms with Crippen LogP contribution in [-0.4, -0.2) is 17.3 Å². The van der Waals surface area contributed by atoms with Crippen molar-refractivity contribution in [1.82, 2.24) is 5.32 Å². The van der Waals surface area contributed by atoms with E-state index in [0.717, 1.165) is 12.1 Å². The Labute approximate surface area is 99.7 Å². The van der Waals surface area contributed by atoms with Gasteiger partial charge in [-0.2, -0.15) is 0 Å². The SMILES string of the molecule is CC1(C)C(O)CC1NCc1cc(F)ccc1F. The van der Waals surface area contributed by atoms with Gasteiger partial charge >= 0.3 is 0 Å². The normalized spacial score (nSPS) is 26.6. The second kappa shape index (κ2) is 4.35. The van der Waals surface area contributed by atoms with Gasteiger partial charge in [0.2, 0.25) is 0 Å². The number of rotatable bonds is 3. The van der Waals surface area contributed by atoms with Crippen LogP contribution >= 0.6 is 0 Å². The van der Waals surface area contributed by atoms with Crippen LogP contribution in [0.1, 0.15) is 25.8 Å². The molecule has 17 heavy (non-hydrogen) atoms. The Hall–Kier alpha value is -1.00. The molecule has 1 aromatic rings. The summed E-state index contributed by atoms with van der Waals surface area (Å²) in [7, 11) is 0. The van der Waals surface area contributed by atoms with Crippen molar-refractivity contribution in [3.8, 4) is 0 Å². The van der Waals surface area contributed by atoms with Crippen LogP contribution < -0.4 is 5.32 Å². The number of halogens is 2. The molecule has 2 unspecified atom stereocenters. The summed E-state index contributed by atoms with van der Waals surface area (Å²) in [6, 6.07) is 3.58. The quantitative estimate of drug-likeness (QED) is 0.850. The van der Waals surface area contributed by atoms with Crippen molar-refractivity contribution in [3.05, 3.63) is 35.4 Å². The zero-order valence-corrected chi connectivity index (χ0v) is 10.0. The van der Waals surface area contributed by atoms with Gasteiger partial charge in [0.1, 0.15) is 11.6 Å². The summed E-state index contributed by atoms with van der Waals surface area (Å²) in [6.07, 6.45) is 0.335. The van der Waals surface area contributed by atoms with Gasteiger partial charge in [-0.3, -0.25) is 0 Å². The molecule has 0 bridgehead atoms. The van der Waals surface area contributed by atoms with Gasteiger partial charge in [-0.15, -0.1) is 0 Å². The molecule has 1 fully saturated rings. The summed E-state index contributed by atoms with van der Waals surface area (Å²) < 4.78 is 26.3. The van der Waals surface area contributed by atoms with E-state index in [0.29, 0.717) is 12.0 Å². The number of hydrogen-bond acceptors (Lipinski definition) is 2. The summed E-state index contributed by atoms with van der Waals surface area (Å²) in [4.78, 5) is 0. The molecule has 4 heteroatoms. The molecule has 0 heterocycles. The first-order chi connectivity index (χ1) is 7.91. The first kappa shape index (κ1) is 12.5. The van der Waals surface area contributed by atoms with Crippen molar-refractivity contribution in [1.29, 1.82) is 0 Å². The molecule has 1 saturated carbocycles. The number of benzene rings is 1. The molecule has 1 aromatic carbocycles. The first-order valence-electron chi connectivity index (χ1n) is 5.76. The van der Waals surface area contributed by atoms with E-state index in [1.807, 2.05) is 13.8 Å². The van der Waals surface area contributed by atoms with Gasteiger partial charge in [0.05, 0.1) is 6.10 Å². The third-order valence-corrected chi connectivity index (χ3v) is 3.76. The van der Waals surface area contributed by atoms with Crippen LogP contribution in [-0.2, 0) is 6.54 Å². The molecule has 2 atom stereocenters. The van der Waals surface area contributed by atoms with Gasteiger partial charge in [0.25, 0.3) is 0 Å². The Morgan fingerprint density at radius 2 is 2.12 bits per heavy atom. The second-order valence-electron chi connectivity index (χ2n) is 5.24. The molecule has 1 aliphatic carbocycles. The fourth-order valence-corrected chi connectivity index (χ4v) is 2.16. The number of hydrogen-bond donors (Lipinski definition) is 2. The molecular weight excluding hydrogens is 224 g/mol. The van der Waals surface area contributed by atoms with Gasteiger partial charge < -0.3 is 10.4 Å². The zero-order chi connectivity index (χ0) is 12.6. The number of aliphatic hydroxyl groups is 1. The summed E-state index contributed by atoms with van der Waals surface area (Å²) in [5, 5.41) is 12.7. The van der Waals surface area contributed by atoms with E-state index in [9.17, 15) is 13.9 Å². The van der Waals surface area contributed by atoms with Gasteiger partial charge in [-0.05, 0) is 24.6 Å². The maximum Gasteiger partial charge on any atom is 0.127 e. The Bertz CT molecular complexity index is 420. The van der Waals surface area contributed by atoms with E-state index >= 15 is 0 Å². The molecule has 0 amide bonds. The van der Waals surface area contributed by atoms with E-state index in [2.05, 4.69) is 5.32 Å². The molecule has 0 aromatic heterocycles. The highest BCUT2D eigenvalue weighted by Gasteiger charge is 2.46. The van der Waals surface area contributed by atoms with Crippen LogP contribution in [0.2, 0.25) is 0 Å². The average Bonchev–Trinajstić information content (AvgIpc) is 2.28. The standard InChI is InChI=1S/C13H17F2NO/c1-13(2)11(6-12(13)17)16-7-8-5-9(14)3-4-10(8)15/h3-5,11-12,16-17H,6-7H2,1-2H3. The highest BCUT2D eigenvalue weighted by Crippen LogP contribution is 2.40. The lowest BCUT2D eigenvalue weighted by molar-refractivity contribution is -0.0730.